The van der Waals surface area contributed by atoms with Crippen molar-refractivity contribution in [1.29, 1.82) is 0 Å². The molecule has 0 amide bonds. The molecule has 6 nitrogen and oxygen atoms in total. The van der Waals surface area contributed by atoms with Gasteiger partial charge in [0, 0.05) is 11.6 Å². The predicted molar refractivity (Wildman–Crippen MR) is 78.4 cm³/mol. The molecule has 21 heavy (non-hydrogen) atoms. The molecule has 0 unspecified atom stereocenters. The molecule has 0 saturated heterocycles. The predicted octanol–water partition coefficient (Wildman–Crippen LogP) is 1.77. The van der Waals surface area contributed by atoms with Gasteiger partial charge in [-0.3, -0.25) is 9.78 Å². The zero-order chi connectivity index (χ0) is 15.5. The molecule has 0 bridgehead atoms. The summed E-state index contributed by atoms with van der Waals surface area (Å²) in [7, 11) is -3.92. The summed E-state index contributed by atoms with van der Waals surface area (Å²) in [6.07, 6.45) is 2.37. The van der Waals surface area contributed by atoms with E-state index in [9.17, 15) is 13.2 Å². The van der Waals surface area contributed by atoms with Gasteiger partial charge in [-0.2, -0.15) is 4.72 Å². The molecule has 2 aromatic rings. The summed E-state index contributed by atoms with van der Waals surface area (Å²) in [6.45, 7) is 1.80. The lowest BCUT2D eigenvalue weighted by Gasteiger charge is -2.15. The first-order valence-corrected chi connectivity index (χ1v) is 8.03. The average molecular weight is 308 g/mol. The zero-order valence-electron chi connectivity index (χ0n) is 11.5. The lowest BCUT2D eigenvalue weighted by Crippen LogP contribution is -2.40. The Morgan fingerprint density at radius 2 is 2.10 bits per heavy atom. The van der Waals surface area contributed by atoms with Crippen LogP contribution in [-0.4, -0.2) is 30.5 Å². The van der Waals surface area contributed by atoms with Crippen molar-refractivity contribution in [3.8, 4) is 0 Å². The molecule has 7 heteroatoms. The van der Waals surface area contributed by atoms with Crippen molar-refractivity contribution >= 4 is 26.9 Å². The number of nitrogens with zero attached hydrogens (tertiary/aromatic N) is 1. The molecule has 0 aliphatic carbocycles. The van der Waals surface area contributed by atoms with Crippen LogP contribution in [0.15, 0.2) is 41.4 Å². The fourth-order valence-corrected chi connectivity index (χ4v) is 3.52. The Hall–Kier alpha value is -1.99. The highest BCUT2D eigenvalue weighted by molar-refractivity contribution is 7.89. The number of carboxylic acid groups (broad SMARTS) is 1. The maximum absolute atomic E-state index is 12.4. The highest BCUT2D eigenvalue weighted by atomic mass is 32.2. The highest BCUT2D eigenvalue weighted by Gasteiger charge is 2.25. The van der Waals surface area contributed by atoms with Crippen molar-refractivity contribution in [2.45, 2.75) is 30.7 Å². The molecule has 1 atom stereocenters. The molecule has 1 aromatic heterocycles. The van der Waals surface area contributed by atoms with Crippen LogP contribution in [-0.2, 0) is 14.8 Å². The monoisotopic (exact) mass is 308 g/mol. The van der Waals surface area contributed by atoms with Crippen molar-refractivity contribution in [3.63, 3.8) is 0 Å². The number of fused-ring (bicyclic) bond motifs is 1. The van der Waals surface area contributed by atoms with Gasteiger partial charge in [0.25, 0.3) is 0 Å². The van der Waals surface area contributed by atoms with Crippen LogP contribution in [0.2, 0.25) is 0 Å². The lowest BCUT2D eigenvalue weighted by molar-refractivity contribution is -0.139. The molecule has 0 radical (unpaired) electrons. The van der Waals surface area contributed by atoms with Gasteiger partial charge in [-0.05, 0) is 30.7 Å². The summed E-state index contributed by atoms with van der Waals surface area (Å²) in [5.74, 6) is -1.18. The van der Waals surface area contributed by atoms with Crippen LogP contribution in [0.4, 0.5) is 0 Å². The number of rotatable bonds is 6. The van der Waals surface area contributed by atoms with E-state index in [1.165, 1.54) is 6.07 Å². The summed E-state index contributed by atoms with van der Waals surface area (Å²) in [6, 6.07) is 6.88. The topological polar surface area (TPSA) is 96.4 Å². The third-order valence-corrected chi connectivity index (χ3v) is 4.60. The van der Waals surface area contributed by atoms with E-state index < -0.39 is 22.0 Å². The number of aromatic nitrogens is 1. The summed E-state index contributed by atoms with van der Waals surface area (Å²) >= 11 is 0. The maximum atomic E-state index is 12.4. The van der Waals surface area contributed by atoms with Crippen LogP contribution in [0.5, 0.6) is 0 Å². The van der Waals surface area contributed by atoms with Gasteiger partial charge in [-0.1, -0.05) is 19.4 Å². The quantitative estimate of drug-likeness (QED) is 0.847. The number of carbonyl (C=O) groups is 1. The van der Waals surface area contributed by atoms with Gasteiger partial charge in [0.1, 0.15) is 6.04 Å². The second-order valence-electron chi connectivity index (χ2n) is 4.63. The van der Waals surface area contributed by atoms with Crippen LogP contribution < -0.4 is 4.72 Å². The Kier molecular flexibility index (Phi) is 4.54. The van der Waals surface area contributed by atoms with Crippen LogP contribution in [0.1, 0.15) is 19.8 Å². The Labute approximate surface area is 122 Å². The van der Waals surface area contributed by atoms with Gasteiger partial charge in [-0.15, -0.1) is 0 Å². The average Bonchev–Trinajstić information content (AvgIpc) is 2.46. The number of sulfonamides is 1. The molecule has 2 N–H and O–H groups in total. The first-order chi connectivity index (χ1) is 9.95. The second kappa shape index (κ2) is 6.19. The molecule has 2 rings (SSSR count). The highest BCUT2D eigenvalue weighted by Crippen LogP contribution is 2.21. The lowest BCUT2D eigenvalue weighted by atomic mass is 10.2. The third kappa shape index (κ3) is 3.37. The third-order valence-electron chi connectivity index (χ3n) is 3.07. The van der Waals surface area contributed by atoms with Gasteiger partial charge >= 0.3 is 5.97 Å². The minimum Gasteiger partial charge on any atom is -0.480 e. The van der Waals surface area contributed by atoms with Crippen molar-refractivity contribution in [3.05, 3.63) is 36.5 Å². The van der Waals surface area contributed by atoms with Gasteiger partial charge in [0.05, 0.1) is 10.4 Å². The zero-order valence-corrected chi connectivity index (χ0v) is 12.3. The molecule has 112 valence electrons. The van der Waals surface area contributed by atoms with Gasteiger partial charge in [-0.25, -0.2) is 8.42 Å². The Bertz CT molecular complexity index is 753. The van der Waals surface area contributed by atoms with Crippen molar-refractivity contribution < 1.29 is 18.3 Å². The fraction of sp³-hybridized carbons (Fsp3) is 0.286. The number of hydrogen-bond donors (Lipinski definition) is 2. The summed E-state index contributed by atoms with van der Waals surface area (Å²) < 4.78 is 27.1. The molecule has 1 heterocycles. The van der Waals surface area contributed by atoms with E-state index in [0.29, 0.717) is 17.3 Å². The van der Waals surface area contributed by atoms with Crippen molar-refractivity contribution in [2.24, 2.45) is 0 Å². The molecule has 0 aliphatic rings. The largest absolute Gasteiger partial charge is 0.480 e. The van der Waals surface area contributed by atoms with Crippen molar-refractivity contribution in [2.75, 3.05) is 0 Å². The SMILES string of the molecule is CCC[C@@H](NS(=O)(=O)c1cccc2ncccc12)C(=O)O. The molecule has 0 saturated carbocycles. The van der Waals surface area contributed by atoms with E-state index in [2.05, 4.69) is 9.71 Å². The summed E-state index contributed by atoms with van der Waals surface area (Å²) in [5.41, 5.74) is 0.544. The normalized spacial score (nSPS) is 13.2. The Morgan fingerprint density at radius 1 is 1.33 bits per heavy atom. The van der Waals surface area contributed by atoms with E-state index >= 15 is 0 Å². The number of nitrogens with one attached hydrogen (secondary N) is 1. The van der Waals surface area contributed by atoms with Crippen LogP contribution in [0.3, 0.4) is 0 Å². The van der Waals surface area contributed by atoms with Gasteiger partial charge in [0.2, 0.25) is 10.0 Å². The maximum Gasteiger partial charge on any atom is 0.321 e. The second-order valence-corrected chi connectivity index (χ2v) is 6.31. The smallest absolute Gasteiger partial charge is 0.321 e. The molecule has 0 fully saturated rings. The van der Waals surface area contributed by atoms with Gasteiger partial charge < -0.3 is 5.11 Å². The van der Waals surface area contributed by atoms with E-state index in [4.69, 9.17) is 5.11 Å². The molecule has 0 spiro atoms. The van der Waals surface area contributed by atoms with E-state index in [-0.39, 0.29) is 11.3 Å². The number of aliphatic carboxylic acids is 1. The molecular weight excluding hydrogens is 292 g/mol. The summed E-state index contributed by atoms with van der Waals surface area (Å²) in [5, 5.41) is 9.55. The van der Waals surface area contributed by atoms with Crippen LogP contribution in [0, 0.1) is 0 Å². The number of carboxylic acids is 1. The minimum absolute atomic E-state index is 0.0375. The van der Waals surface area contributed by atoms with Crippen molar-refractivity contribution in [1.82, 2.24) is 9.71 Å². The Balaban J connectivity index is 2.44. The van der Waals surface area contributed by atoms with Crippen LogP contribution >= 0.6 is 0 Å². The number of benzene rings is 1. The molecular formula is C14H16N2O4S. The Morgan fingerprint density at radius 3 is 2.76 bits per heavy atom. The minimum atomic E-state index is -3.92. The van der Waals surface area contributed by atoms with E-state index in [1.54, 1.807) is 37.4 Å². The first kappa shape index (κ1) is 15.4. The fourth-order valence-electron chi connectivity index (χ4n) is 2.08. The summed E-state index contributed by atoms with van der Waals surface area (Å²) in [4.78, 5) is 15.3. The standard InChI is InChI=1S/C14H16N2O4S/c1-2-5-12(14(17)18)16-21(19,20)13-8-3-7-11-10(13)6-4-9-15-11/h3-4,6-9,12,16H,2,5H2,1H3,(H,17,18)/t12-/m1/s1. The van der Waals surface area contributed by atoms with E-state index in [0.717, 1.165) is 0 Å². The molecule has 1 aromatic carbocycles. The van der Waals surface area contributed by atoms with Gasteiger partial charge in [0.15, 0.2) is 0 Å². The van der Waals surface area contributed by atoms with E-state index in [1.807, 2.05) is 0 Å². The number of pyridine rings is 1. The van der Waals surface area contributed by atoms with Crippen LogP contribution in [0.25, 0.3) is 10.9 Å². The molecule has 0 aliphatic heterocycles. The first-order valence-electron chi connectivity index (χ1n) is 6.54. The number of hydrogen-bond acceptors (Lipinski definition) is 4.